The summed E-state index contributed by atoms with van der Waals surface area (Å²) in [6.07, 6.45) is -9.93. The van der Waals surface area contributed by atoms with Crippen LogP contribution in [0.25, 0.3) is 0 Å². The zero-order chi connectivity index (χ0) is 24.2. The van der Waals surface area contributed by atoms with Crippen LogP contribution in [0, 0.1) is 0 Å². The van der Waals surface area contributed by atoms with Crippen molar-refractivity contribution in [3.8, 4) is 0 Å². The summed E-state index contributed by atoms with van der Waals surface area (Å²) in [6.45, 7) is 2.52. The van der Waals surface area contributed by atoms with Gasteiger partial charge < -0.3 is 15.0 Å². The van der Waals surface area contributed by atoms with E-state index in [2.05, 4.69) is 5.32 Å². The molecular weight excluding hydrogens is 450 g/mol. The minimum absolute atomic E-state index is 0.0983. The Hall–Kier alpha value is -2.75. The van der Waals surface area contributed by atoms with Crippen LogP contribution >= 0.6 is 0 Å². The van der Waals surface area contributed by atoms with E-state index in [0.29, 0.717) is 38.2 Å². The summed E-state index contributed by atoms with van der Waals surface area (Å²) in [4.78, 5) is 13.9. The van der Waals surface area contributed by atoms with Crippen molar-refractivity contribution in [2.45, 2.75) is 44.3 Å². The molecule has 0 saturated carbocycles. The number of rotatable bonds is 5. The summed E-state index contributed by atoms with van der Waals surface area (Å²) in [5.41, 5.74) is -2.09. The predicted molar refractivity (Wildman–Crippen MR) is 109 cm³/mol. The van der Waals surface area contributed by atoms with Crippen LogP contribution in [-0.4, -0.2) is 36.7 Å². The molecule has 0 radical (unpaired) electrons. The number of carbonyl (C=O) groups is 1. The third-order valence-corrected chi connectivity index (χ3v) is 5.50. The van der Waals surface area contributed by atoms with Crippen molar-refractivity contribution in [1.82, 2.24) is 10.2 Å². The molecular formula is C23H24F6N2O2. The smallest absolute Gasteiger partial charge is 0.373 e. The molecule has 0 aromatic heterocycles. The first-order chi connectivity index (χ1) is 15.5. The third kappa shape index (κ3) is 6.40. The quantitative estimate of drug-likeness (QED) is 0.555. The summed E-state index contributed by atoms with van der Waals surface area (Å²) in [5.74, 6) is -0.282. The standard InChI is InChI=1S/C23H24F6N2O2/c1-2-30-21(32)31-9-8-20(19(13-31)16-6-4-3-5-7-16)33-14-15-10-17(22(24,25)26)12-18(11-15)23(27,28)29/h3-7,10-12,19-20H,2,8-9,13-14H2,1H3,(H,30,32)/t19-,20-/m0/s1. The molecule has 2 amide bonds. The number of nitrogens with one attached hydrogen (secondary N) is 1. The van der Waals surface area contributed by atoms with E-state index in [9.17, 15) is 31.1 Å². The van der Waals surface area contributed by atoms with Gasteiger partial charge in [0.1, 0.15) is 0 Å². The van der Waals surface area contributed by atoms with Crippen molar-refractivity contribution in [2.24, 2.45) is 0 Å². The Morgan fingerprint density at radius 3 is 2.18 bits per heavy atom. The van der Waals surface area contributed by atoms with Gasteiger partial charge in [-0.05, 0) is 42.7 Å². The number of ether oxygens (including phenoxy) is 1. The first-order valence-electron chi connectivity index (χ1n) is 10.5. The lowest BCUT2D eigenvalue weighted by Crippen LogP contribution is -2.49. The maximum atomic E-state index is 13.1. The van der Waals surface area contributed by atoms with Crippen molar-refractivity contribution >= 4 is 6.03 Å². The third-order valence-electron chi connectivity index (χ3n) is 5.50. The highest BCUT2D eigenvalue weighted by Crippen LogP contribution is 2.37. The van der Waals surface area contributed by atoms with Gasteiger partial charge in [0.05, 0.1) is 23.8 Å². The van der Waals surface area contributed by atoms with Crippen LogP contribution in [0.4, 0.5) is 31.1 Å². The largest absolute Gasteiger partial charge is 0.416 e. The van der Waals surface area contributed by atoms with E-state index in [1.165, 1.54) is 0 Å². The number of carbonyl (C=O) groups excluding carboxylic acids is 1. The van der Waals surface area contributed by atoms with Crippen LogP contribution in [0.15, 0.2) is 48.5 Å². The molecule has 1 aliphatic rings. The van der Waals surface area contributed by atoms with Crippen molar-refractivity contribution in [2.75, 3.05) is 19.6 Å². The molecule has 0 aliphatic carbocycles. The number of alkyl halides is 6. The molecule has 33 heavy (non-hydrogen) atoms. The SMILES string of the molecule is CCNC(=O)N1CC[C@H](OCc2cc(C(F)(F)F)cc(C(F)(F)F)c2)[C@H](c2ccccc2)C1. The Morgan fingerprint density at radius 2 is 1.64 bits per heavy atom. The van der Waals surface area contributed by atoms with Crippen LogP contribution in [0.1, 0.15) is 41.5 Å². The fourth-order valence-corrected chi connectivity index (χ4v) is 3.90. The molecule has 3 rings (SSSR count). The summed E-state index contributed by atoms with van der Waals surface area (Å²) in [6, 6.07) is 10.4. The highest BCUT2D eigenvalue weighted by Gasteiger charge is 2.37. The van der Waals surface area contributed by atoms with Crippen LogP contribution < -0.4 is 5.32 Å². The molecule has 0 spiro atoms. The maximum absolute atomic E-state index is 13.1. The van der Waals surface area contributed by atoms with E-state index >= 15 is 0 Å². The minimum atomic E-state index is -4.92. The average Bonchev–Trinajstić information content (AvgIpc) is 2.77. The second kappa shape index (κ2) is 10.0. The van der Waals surface area contributed by atoms with Gasteiger partial charge in [-0.25, -0.2) is 4.79 Å². The van der Waals surface area contributed by atoms with Crippen LogP contribution in [0.3, 0.4) is 0 Å². The van der Waals surface area contributed by atoms with Gasteiger partial charge in [0.15, 0.2) is 0 Å². The predicted octanol–water partition coefficient (Wildman–Crippen LogP) is 5.83. The van der Waals surface area contributed by atoms with E-state index in [1.807, 2.05) is 30.3 Å². The Labute approximate surface area is 187 Å². The van der Waals surface area contributed by atoms with Crippen molar-refractivity contribution < 1.29 is 35.9 Å². The monoisotopic (exact) mass is 474 g/mol. The van der Waals surface area contributed by atoms with Crippen LogP contribution in [0.5, 0.6) is 0 Å². The van der Waals surface area contributed by atoms with Crippen LogP contribution in [0.2, 0.25) is 0 Å². The lowest BCUT2D eigenvalue weighted by Gasteiger charge is -2.38. The second-order valence-electron chi connectivity index (χ2n) is 7.85. The highest BCUT2D eigenvalue weighted by atomic mass is 19.4. The molecule has 1 N–H and O–H groups in total. The Kier molecular flexibility index (Phi) is 7.56. The fraction of sp³-hybridized carbons (Fsp3) is 0.435. The van der Waals surface area contributed by atoms with Gasteiger partial charge in [-0.2, -0.15) is 26.3 Å². The van der Waals surface area contributed by atoms with Gasteiger partial charge in [0.25, 0.3) is 0 Å². The molecule has 1 aliphatic heterocycles. The van der Waals surface area contributed by atoms with E-state index in [1.54, 1.807) is 11.8 Å². The normalized spacial score (nSPS) is 19.4. The second-order valence-corrected chi connectivity index (χ2v) is 7.85. The first-order valence-corrected chi connectivity index (χ1v) is 10.5. The Balaban J connectivity index is 1.82. The molecule has 2 atom stereocenters. The molecule has 1 saturated heterocycles. The van der Waals surface area contributed by atoms with Gasteiger partial charge in [0, 0.05) is 25.6 Å². The van der Waals surface area contributed by atoms with E-state index in [-0.39, 0.29) is 23.6 Å². The van der Waals surface area contributed by atoms with Gasteiger partial charge >= 0.3 is 18.4 Å². The topological polar surface area (TPSA) is 41.6 Å². The van der Waals surface area contributed by atoms with Gasteiger partial charge in [-0.15, -0.1) is 0 Å². The molecule has 10 heteroatoms. The number of urea groups is 1. The molecule has 1 fully saturated rings. The lowest BCUT2D eigenvalue weighted by molar-refractivity contribution is -0.143. The summed E-state index contributed by atoms with van der Waals surface area (Å²) < 4.78 is 84.7. The van der Waals surface area contributed by atoms with Gasteiger partial charge in [-0.1, -0.05) is 30.3 Å². The number of piperidine rings is 1. The van der Waals surface area contributed by atoms with E-state index < -0.39 is 36.2 Å². The van der Waals surface area contributed by atoms with E-state index in [4.69, 9.17) is 4.74 Å². The number of likely N-dealkylation sites (tertiary alicyclic amines) is 1. The van der Waals surface area contributed by atoms with Crippen molar-refractivity contribution in [3.63, 3.8) is 0 Å². The Morgan fingerprint density at radius 1 is 1.03 bits per heavy atom. The molecule has 2 aromatic carbocycles. The lowest BCUT2D eigenvalue weighted by atomic mass is 9.88. The maximum Gasteiger partial charge on any atom is 0.416 e. The molecule has 4 nitrogen and oxygen atoms in total. The summed E-state index contributed by atoms with van der Waals surface area (Å²) >= 11 is 0. The van der Waals surface area contributed by atoms with Crippen molar-refractivity contribution in [3.05, 3.63) is 70.8 Å². The molecule has 0 bridgehead atoms. The summed E-state index contributed by atoms with van der Waals surface area (Å²) in [7, 11) is 0. The van der Waals surface area contributed by atoms with Gasteiger partial charge in [0.2, 0.25) is 0 Å². The van der Waals surface area contributed by atoms with Crippen molar-refractivity contribution in [1.29, 1.82) is 0 Å². The molecule has 1 heterocycles. The van der Waals surface area contributed by atoms with E-state index in [0.717, 1.165) is 5.56 Å². The number of halogens is 6. The number of nitrogens with zero attached hydrogens (tertiary/aromatic N) is 1. The van der Waals surface area contributed by atoms with Gasteiger partial charge in [-0.3, -0.25) is 0 Å². The minimum Gasteiger partial charge on any atom is -0.373 e. The zero-order valence-corrected chi connectivity index (χ0v) is 17.8. The number of hydrogen-bond acceptors (Lipinski definition) is 2. The van der Waals surface area contributed by atoms with Crippen LogP contribution in [-0.2, 0) is 23.7 Å². The highest BCUT2D eigenvalue weighted by molar-refractivity contribution is 5.74. The summed E-state index contributed by atoms with van der Waals surface area (Å²) in [5, 5.41) is 2.73. The molecule has 180 valence electrons. The number of benzene rings is 2. The first kappa shape index (κ1) is 24.9. The fourth-order valence-electron chi connectivity index (χ4n) is 3.90. The molecule has 0 unspecified atom stereocenters. The zero-order valence-electron chi connectivity index (χ0n) is 17.8. The Bertz CT molecular complexity index is 914. The number of amides is 2. The molecule has 2 aromatic rings. The number of hydrogen-bond donors (Lipinski definition) is 1. The average molecular weight is 474 g/mol.